The van der Waals surface area contributed by atoms with Crippen molar-refractivity contribution in [2.45, 2.75) is 0 Å². The minimum atomic E-state index is 0. The van der Waals surface area contributed by atoms with Crippen LogP contribution in [0, 0.1) is 0 Å². The molecule has 38 heavy (non-hydrogen) atoms. The Balaban J connectivity index is 0. The van der Waals surface area contributed by atoms with Crippen molar-refractivity contribution in [3.05, 3.63) is 0 Å². The van der Waals surface area contributed by atoms with E-state index in [1.54, 1.807) is 0 Å². The molecule has 0 saturated heterocycles. The van der Waals surface area contributed by atoms with Crippen molar-refractivity contribution in [3.8, 4) is 0 Å². The van der Waals surface area contributed by atoms with E-state index in [2.05, 4.69) is 0 Å². The molecule has 38 heteroatoms. The summed E-state index contributed by atoms with van der Waals surface area (Å²) in [6, 6.07) is 0. The molecule has 76 valence electrons. The first-order chi connectivity index (χ1) is 0. The second-order valence-corrected chi connectivity index (χ2v) is 0. The van der Waals surface area contributed by atoms with Crippen LogP contribution in [0.15, 0.2) is 0 Å². The minimum Gasteiger partial charge on any atom is 0 e. The van der Waals surface area contributed by atoms with Crippen LogP contribution in [-0.4, -0.2) is 0 Å². The molecular formula is Rf38. The topological polar surface area (TPSA) is 0 Å². The Morgan fingerprint density at radius 1 is 0.0263 bits per heavy atom. The van der Waals surface area contributed by atoms with Gasteiger partial charge < -0.3 is 0 Å². The first kappa shape index (κ1) is 0. The van der Waals surface area contributed by atoms with E-state index >= 15 is 0 Å². The van der Waals surface area contributed by atoms with Gasteiger partial charge in [0.05, 0.1) is 0 Å². The zero-order valence-corrected chi connectivity index (χ0v) is 270. The molecule has 0 aliphatic heterocycles. The minimum absolute atomic E-state index is 0. The van der Waals surface area contributed by atoms with Gasteiger partial charge in [0, 0.05) is 0 Å². The maximum Gasteiger partial charge on any atom is 0 e. The Hall–Kier alpha value is -38.0. The summed E-state index contributed by atoms with van der Waals surface area (Å²) in [7, 11) is 0. The summed E-state index contributed by atoms with van der Waals surface area (Å²) in [4.78, 5) is 0. The third-order valence-electron chi connectivity index (χ3n) is 0. The van der Waals surface area contributed by atoms with Crippen LogP contribution in [0.4, 0.5) is 0 Å². The summed E-state index contributed by atoms with van der Waals surface area (Å²) >= 11 is 0. The number of hydrogen-bond donors (Lipinski definition) is 0. The summed E-state index contributed by atoms with van der Waals surface area (Å²) < 4.78 is 0. The van der Waals surface area contributed by atoms with Gasteiger partial charge in [-0.15, -0.1) is 0 Å². The average Bonchev–Trinajstić information content (AvgIpc) is 0. The standard InChI is InChI=1S/38Rf. The second kappa shape index (κ2) is -0.00277. The predicted octanol–water partition coefficient (Wildman–Crippen LogP) is 0. The largest absolute Gasteiger partial charge is 0 e. The van der Waals surface area contributed by atoms with Crippen molar-refractivity contribution >= 4 is 0 Å². The van der Waals surface area contributed by atoms with E-state index in [9.17, 15) is 0 Å². The maximum atomic E-state index is 0. The van der Waals surface area contributed by atoms with Gasteiger partial charge in [-0.25, -0.2) is 0 Å². The van der Waals surface area contributed by atoms with E-state index in [0.29, 0.717) is 0 Å². The van der Waals surface area contributed by atoms with Crippen LogP contribution in [-0.2, 0) is 0 Å². The quantitative estimate of drug-likeness (QED) is 0.321. The van der Waals surface area contributed by atoms with Crippen molar-refractivity contribution in [1.29, 1.82) is 0 Å². The molecule has 0 spiro atoms. The monoisotopic (exact) mass is 10200 g/mol. The van der Waals surface area contributed by atoms with Crippen LogP contribution in [0.1, 0.15) is 0 Å². The normalized spacial score (nSPS) is 0. The van der Waals surface area contributed by atoms with Gasteiger partial charge in [-0.1, -0.05) is 0 Å². The number of hydrogen-bond acceptors (Lipinski definition) is 0. The number of rotatable bonds is 0. The fourth-order valence-corrected chi connectivity index (χ4v) is 0. The van der Waals surface area contributed by atoms with Gasteiger partial charge in [0.15, 0.2) is 0 Å². The van der Waals surface area contributed by atoms with Gasteiger partial charge >= 0.3 is 0 Å². The second-order valence-electron chi connectivity index (χ2n) is 0. The molecular weight excluding hydrogens is 10100 g/mol. The fraction of sp³-hybridized carbons (Fsp3) is 0. The molecule has 0 amide bonds. The van der Waals surface area contributed by atoms with Crippen LogP contribution in [0.2, 0.25) is 0 Å². The van der Waals surface area contributed by atoms with Crippen molar-refractivity contribution < 1.29 is 0 Å². The van der Waals surface area contributed by atoms with Crippen LogP contribution in [0.25, 0.3) is 0 Å². The van der Waals surface area contributed by atoms with Gasteiger partial charge in [0.1, 0.15) is 0 Å². The molecule has 0 heterocycles. The van der Waals surface area contributed by atoms with Gasteiger partial charge in [-0.3, -0.25) is 0 Å². The molecule has 0 nitrogen and oxygen atoms in total. The van der Waals surface area contributed by atoms with E-state index < -0.39 is 0 Å². The van der Waals surface area contributed by atoms with Gasteiger partial charge in [-0.05, 0) is 0 Å². The predicted molar refractivity (Wildman–Crippen MR) is 0 cm³/mol. The average molecular weight is 10100 g/mol. The smallest absolute Gasteiger partial charge is 0 e. The molecule has 0 radical (unpaired) electrons. The summed E-state index contributed by atoms with van der Waals surface area (Å²) in [5, 5.41) is 0. The molecule has 0 unspecified atom stereocenters. The molecule has 0 N–H and O–H groups in total. The van der Waals surface area contributed by atoms with Gasteiger partial charge in [0.2, 0.25) is 0 Å². The SMILES string of the molecule is [Rf].[Rf].[Rf].[Rf].[Rf].[Rf].[Rf].[Rf].[Rf].[Rf].[Rf].[Rf].[Rf].[Rf].[Rf].[Rf].[Rf].[Rf].[Rf].[Rf].[Rf].[Rf].[Rf].[Rf].[Rf].[Rf].[Rf].[Rf].[Rf].[Rf].[Rf].[Rf].[Rf].[Rf].[Rf].[Rf].[Rf].[Rf]. The van der Waals surface area contributed by atoms with E-state index in [1.807, 2.05) is 0 Å². The molecule has 0 aliphatic carbocycles. The Morgan fingerprint density at radius 3 is 0.0263 bits per heavy atom. The summed E-state index contributed by atoms with van der Waals surface area (Å²) in [6.07, 6.45) is 0. The Labute approximate surface area is 0 Å². The zero-order chi connectivity index (χ0) is 0. The first-order valence-corrected chi connectivity index (χ1v) is 0. The molecule has 0 aromatic heterocycles. The van der Waals surface area contributed by atoms with Crippen molar-refractivity contribution in [3.63, 3.8) is 0 Å². The first-order valence-electron chi connectivity index (χ1n) is 0. The zero-order valence-electron chi connectivity index (χ0n) is 26.9. The third kappa shape index (κ3) is -0.0125. The molecule has 0 fully saturated rings. The molecule has 0 bridgehead atoms. The van der Waals surface area contributed by atoms with E-state index in [1.165, 1.54) is 0 Å². The van der Waals surface area contributed by atoms with Gasteiger partial charge in [-0.2, -0.15) is 0 Å². The molecule has 0 aromatic rings. The molecule has 0 rings (SSSR count). The van der Waals surface area contributed by atoms with E-state index in [-0.39, 0.29) is 0 Å². The van der Waals surface area contributed by atoms with Gasteiger partial charge in [0.25, 0.3) is 0 Å². The molecule has 0 aromatic carbocycles. The maximum absolute atomic E-state index is 0. The summed E-state index contributed by atoms with van der Waals surface area (Å²) in [6.45, 7) is 0. The molecule has 0 aliphatic rings. The van der Waals surface area contributed by atoms with Crippen molar-refractivity contribution in [1.82, 2.24) is 0 Å². The fourth-order valence-electron chi connectivity index (χ4n) is 0. The summed E-state index contributed by atoms with van der Waals surface area (Å²) in [5.74, 6) is 0. The van der Waals surface area contributed by atoms with Crippen LogP contribution >= 0.6 is 0 Å². The van der Waals surface area contributed by atoms with Crippen LogP contribution < -0.4 is 0 Å². The van der Waals surface area contributed by atoms with Crippen LogP contribution in [0.5, 0.6) is 0 Å². The Bertz CT molecular complexity index is 0. The molecule has 0 saturated carbocycles. The Kier molecular flexibility index (Phi) is 0. The third-order valence-corrected chi connectivity index (χ3v) is 0. The summed E-state index contributed by atoms with van der Waals surface area (Å²) in [5.41, 5.74) is 0. The van der Waals surface area contributed by atoms with Crippen LogP contribution in [0.3, 0.4) is 0 Å². The van der Waals surface area contributed by atoms with Crippen molar-refractivity contribution in [2.75, 3.05) is 0 Å². The Morgan fingerprint density at radius 2 is 0.0263 bits per heavy atom. The van der Waals surface area contributed by atoms with E-state index in [0.717, 1.165) is 0 Å². The molecule has 0 atom stereocenters. The van der Waals surface area contributed by atoms with E-state index in [4.69, 9.17) is 0 Å². The van der Waals surface area contributed by atoms with Crippen molar-refractivity contribution in [2.24, 2.45) is 0 Å².